The van der Waals surface area contributed by atoms with E-state index in [0.29, 0.717) is 5.56 Å². The number of hydrogen-bond acceptors (Lipinski definition) is 9. The lowest BCUT2D eigenvalue weighted by molar-refractivity contribution is -0.137. The summed E-state index contributed by atoms with van der Waals surface area (Å²) in [6.07, 6.45) is -6.43. The van der Waals surface area contributed by atoms with Crippen LogP contribution in [0.1, 0.15) is 37.5 Å². The average Bonchev–Trinajstić information content (AvgIpc) is 3.59. The normalized spacial score (nSPS) is 12.7. The number of rotatable bonds is 10. The molecule has 0 unspecified atom stereocenters. The second-order valence-electron chi connectivity index (χ2n) is 9.68. The highest BCUT2D eigenvalue weighted by molar-refractivity contribution is 5.83. The van der Waals surface area contributed by atoms with Crippen LogP contribution in [0.5, 0.6) is 0 Å². The number of amides is 2. The largest absolute Gasteiger partial charge is 0.422 e. The van der Waals surface area contributed by atoms with Gasteiger partial charge in [0.2, 0.25) is 17.5 Å². The molecule has 1 atom stereocenters. The van der Waals surface area contributed by atoms with Crippen LogP contribution in [0.2, 0.25) is 0 Å². The predicted octanol–water partition coefficient (Wildman–Crippen LogP) is 3.50. The van der Waals surface area contributed by atoms with Crippen molar-refractivity contribution in [3.63, 3.8) is 0 Å². The minimum atomic E-state index is -4.83. The minimum Gasteiger partial charge on any atom is -0.389 e. The summed E-state index contributed by atoms with van der Waals surface area (Å²) in [5.74, 6) is -2.44. The van der Waals surface area contributed by atoms with Crippen LogP contribution in [0.15, 0.2) is 63.6 Å². The van der Waals surface area contributed by atoms with E-state index in [1.165, 1.54) is 50.2 Å². The topological polar surface area (TPSA) is 164 Å². The van der Waals surface area contributed by atoms with E-state index < -0.39 is 46.7 Å². The number of carbonyl (C=O) groups is 2. The van der Waals surface area contributed by atoms with Gasteiger partial charge in [0.25, 0.3) is 11.8 Å². The zero-order chi connectivity index (χ0) is 29.8. The van der Waals surface area contributed by atoms with E-state index in [9.17, 15) is 33.0 Å². The molecule has 216 valence electrons. The van der Waals surface area contributed by atoms with Gasteiger partial charge in [-0.1, -0.05) is 64.9 Å². The van der Waals surface area contributed by atoms with Crippen molar-refractivity contribution in [3.8, 4) is 34.3 Å². The second kappa shape index (κ2) is 11.9. The molecule has 2 aromatic heterocycles. The molecule has 0 radical (unpaired) electrons. The van der Waals surface area contributed by atoms with Gasteiger partial charge in [0.1, 0.15) is 11.3 Å². The van der Waals surface area contributed by atoms with E-state index in [2.05, 4.69) is 25.9 Å². The van der Waals surface area contributed by atoms with Crippen LogP contribution >= 0.6 is 0 Å². The van der Waals surface area contributed by atoms with Gasteiger partial charge in [-0.25, -0.2) is 0 Å². The standard InChI is InChI=1S/C27H26F3N5O6/c1-26(2,39)14-32-18(36)12-13-31-24(38)21(37)16-8-10-17(11-9-16)23-33-25(41-35-23)22-19(27(28,29)30)20(34-40-22)15-6-4-3-5-7-15/h3-11,21,37,39H,12-14H2,1-2H3,(H,31,38)(H,32,36)/t21-/m1/s1. The molecule has 0 saturated heterocycles. The molecule has 2 heterocycles. The summed E-state index contributed by atoms with van der Waals surface area (Å²) in [7, 11) is 0. The first-order chi connectivity index (χ1) is 19.3. The summed E-state index contributed by atoms with van der Waals surface area (Å²) in [5, 5.41) is 32.3. The maximum Gasteiger partial charge on any atom is 0.422 e. The van der Waals surface area contributed by atoms with Gasteiger partial charge in [0.05, 0.1) is 5.60 Å². The van der Waals surface area contributed by atoms with E-state index in [1.54, 1.807) is 18.2 Å². The Morgan fingerprint density at radius 3 is 2.27 bits per heavy atom. The summed E-state index contributed by atoms with van der Waals surface area (Å²) in [4.78, 5) is 28.1. The first kappa shape index (κ1) is 29.4. The number of halogens is 3. The van der Waals surface area contributed by atoms with Gasteiger partial charge >= 0.3 is 6.18 Å². The third-order valence-electron chi connectivity index (χ3n) is 5.75. The van der Waals surface area contributed by atoms with Crippen molar-refractivity contribution >= 4 is 11.8 Å². The second-order valence-corrected chi connectivity index (χ2v) is 9.68. The number of alkyl halides is 3. The lowest BCUT2D eigenvalue weighted by atomic mass is 10.1. The summed E-state index contributed by atoms with van der Waals surface area (Å²) >= 11 is 0. The molecule has 0 aliphatic rings. The molecule has 11 nitrogen and oxygen atoms in total. The lowest BCUT2D eigenvalue weighted by Gasteiger charge is -2.17. The maximum atomic E-state index is 13.9. The molecule has 0 saturated carbocycles. The molecule has 4 aromatic rings. The van der Waals surface area contributed by atoms with Crippen molar-refractivity contribution in [2.24, 2.45) is 0 Å². The molecular weight excluding hydrogens is 547 g/mol. The molecule has 2 amide bonds. The molecule has 0 bridgehead atoms. The van der Waals surface area contributed by atoms with Gasteiger partial charge in [0, 0.05) is 30.6 Å². The van der Waals surface area contributed by atoms with Crippen LogP contribution in [0.25, 0.3) is 34.3 Å². The van der Waals surface area contributed by atoms with Crippen molar-refractivity contribution in [1.29, 1.82) is 0 Å². The molecule has 4 N–H and O–H groups in total. The van der Waals surface area contributed by atoms with E-state index in [0.717, 1.165) is 0 Å². The Morgan fingerprint density at radius 2 is 1.63 bits per heavy atom. The third kappa shape index (κ3) is 7.35. The van der Waals surface area contributed by atoms with E-state index in [4.69, 9.17) is 9.05 Å². The summed E-state index contributed by atoms with van der Waals surface area (Å²) < 4.78 is 51.9. The Bertz CT molecular complexity index is 1490. The number of aromatic nitrogens is 3. The van der Waals surface area contributed by atoms with Gasteiger partial charge in [-0.3, -0.25) is 9.59 Å². The Kier molecular flexibility index (Phi) is 8.54. The Labute approximate surface area is 231 Å². The monoisotopic (exact) mass is 573 g/mol. The highest BCUT2D eigenvalue weighted by Gasteiger charge is 2.43. The van der Waals surface area contributed by atoms with Crippen LogP contribution in [0.3, 0.4) is 0 Å². The first-order valence-electron chi connectivity index (χ1n) is 12.3. The molecule has 0 aliphatic carbocycles. The average molecular weight is 574 g/mol. The number of hydrogen-bond donors (Lipinski definition) is 4. The van der Waals surface area contributed by atoms with E-state index in [-0.39, 0.29) is 42.4 Å². The highest BCUT2D eigenvalue weighted by atomic mass is 19.4. The summed E-state index contributed by atoms with van der Waals surface area (Å²) in [5.41, 5.74) is -1.91. The number of benzene rings is 2. The SMILES string of the molecule is CC(C)(O)CNC(=O)CCNC(=O)[C@H](O)c1ccc(-c2noc(-c3onc(-c4ccccc4)c3C(F)(F)F)n2)cc1. The van der Waals surface area contributed by atoms with Crippen LogP contribution < -0.4 is 10.6 Å². The molecule has 0 fully saturated rings. The van der Waals surface area contributed by atoms with Crippen molar-refractivity contribution in [3.05, 3.63) is 65.7 Å². The van der Waals surface area contributed by atoms with Gasteiger partial charge in [-0.15, -0.1) is 0 Å². The van der Waals surface area contributed by atoms with Crippen LogP contribution in [0.4, 0.5) is 13.2 Å². The van der Waals surface area contributed by atoms with Gasteiger partial charge in [-0.05, 0) is 19.4 Å². The Balaban J connectivity index is 1.42. The molecule has 2 aromatic carbocycles. The summed E-state index contributed by atoms with van der Waals surface area (Å²) in [6, 6.07) is 13.4. The quantitative estimate of drug-likeness (QED) is 0.222. The van der Waals surface area contributed by atoms with E-state index in [1.807, 2.05) is 0 Å². The molecular formula is C27H26F3N5O6. The summed E-state index contributed by atoms with van der Waals surface area (Å²) in [6.45, 7) is 3.09. The fraction of sp³-hybridized carbons (Fsp3) is 0.296. The molecule has 4 rings (SSSR count). The fourth-order valence-electron chi connectivity index (χ4n) is 3.69. The van der Waals surface area contributed by atoms with Crippen molar-refractivity contribution in [2.45, 2.75) is 38.1 Å². The van der Waals surface area contributed by atoms with Gasteiger partial charge in [-0.2, -0.15) is 18.2 Å². The minimum absolute atomic E-state index is 0.0369. The predicted molar refractivity (Wildman–Crippen MR) is 138 cm³/mol. The van der Waals surface area contributed by atoms with Gasteiger partial charge in [0.15, 0.2) is 6.10 Å². The van der Waals surface area contributed by atoms with Crippen molar-refractivity contribution in [1.82, 2.24) is 25.9 Å². The molecule has 41 heavy (non-hydrogen) atoms. The smallest absolute Gasteiger partial charge is 0.389 e. The number of carbonyl (C=O) groups excluding carboxylic acids is 2. The zero-order valence-corrected chi connectivity index (χ0v) is 21.9. The van der Waals surface area contributed by atoms with Crippen molar-refractivity contribution < 1.29 is 42.0 Å². The van der Waals surface area contributed by atoms with Crippen LogP contribution in [-0.2, 0) is 15.8 Å². The maximum absolute atomic E-state index is 13.9. The Hall–Kier alpha value is -4.56. The Morgan fingerprint density at radius 1 is 0.951 bits per heavy atom. The van der Waals surface area contributed by atoms with Crippen molar-refractivity contribution in [2.75, 3.05) is 13.1 Å². The number of nitrogens with one attached hydrogen (secondary N) is 2. The number of aliphatic hydroxyl groups excluding tert-OH is 1. The van der Waals surface area contributed by atoms with E-state index >= 15 is 0 Å². The third-order valence-corrected chi connectivity index (χ3v) is 5.75. The fourth-order valence-corrected chi connectivity index (χ4v) is 3.69. The number of aliphatic hydroxyl groups is 2. The molecule has 0 spiro atoms. The lowest BCUT2D eigenvalue weighted by Crippen LogP contribution is -2.39. The van der Waals surface area contributed by atoms with Crippen LogP contribution in [-0.4, -0.2) is 56.0 Å². The molecule has 14 heteroatoms. The van der Waals surface area contributed by atoms with Crippen LogP contribution in [0, 0.1) is 0 Å². The molecule has 0 aliphatic heterocycles. The highest BCUT2D eigenvalue weighted by Crippen LogP contribution is 2.43. The number of nitrogens with zero attached hydrogens (tertiary/aromatic N) is 3. The zero-order valence-electron chi connectivity index (χ0n) is 21.9. The van der Waals surface area contributed by atoms with Gasteiger partial charge < -0.3 is 29.9 Å². The first-order valence-corrected chi connectivity index (χ1v) is 12.3.